The van der Waals surface area contributed by atoms with Crippen molar-refractivity contribution >= 4 is 43.5 Å². The Kier molecular flexibility index (Phi) is 3.31. The van der Waals surface area contributed by atoms with E-state index in [0.29, 0.717) is 0 Å². The first-order valence-corrected chi connectivity index (χ1v) is 6.35. The Bertz CT molecular complexity index is 10.8. The van der Waals surface area contributed by atoms with Crippen molar-refractivity contribution in [3.05, 3.63) is 0 Å². The summed E-state index contributed by atoms with van der Waals surface area (Å²) in [6.45, 7) is 0. The molecule has 0 atom stereocenters. The molecule has 0 aliphatic carbocycles. The van der Waals surface area contributed by atoms with Gasteiger partial charge in [0, 0.05) is 0 Å². The van der Waals surface area contributed by atoms with Gasteiger partial charge in [-0.05, 0) is 0 Å². The van der Waals surface area contributed by atoms with Crippen molar-refractivity contribution in [2.24, 2.45) is 0 Å². The van der Waals surface area contributed by atoms with Crippen LogP contribution in [0.4, 0.5) is 0 Å². The minimum atomic E-state index is -1.12. The van der Waals surface area contributed by atoms with Crippen LogP contribution in [0.2, 0.25) is 0 Å². The van der Waals surface area contributed by atoms with Gasteiger partial charge in [0.15, 0.2) is 0 Å². The molecule has 0 fully saturated rings. The molecule has 1 radical (unpaired) electrons. The van der Waals surface area contributed by atoms with E-state index in [1.54, 1.807) is 0 Å². The quantitative estimate of drug-likeness (QED) is 0.393. The molecule has 25 valence electrons. The first kappa shape index (κ1) is 5.28. The molecule has 0 saturated heterocycles. The van der Waals surface area contributed by atoms with Gasteiger partial charge in [-0.25, -0.2) is 0 Å². The van der Waals surface area contributed by atoms with Crippen molar-refractivity contribution in [3.8, 4) is 0 Å². The van der Waals surface area contributed by atoms with E-state index in [1.165, 1.54) is 0 Å². The zero-order chi connectivity index (χ0) is 3.58. The van der Waals surface area contributed by atoms with Crippen LogP contribution in [0.5, 0.6) is 0 Å². The van der Waals surface area contributed by atoms with Crippen LogP contribution in [0.1, 0.15) is 0 Å². The number of hydrogen-bond donors (Lipinski definition) is 0. The first-order chi connectivity index (χ1) is 1.73. The molecule has 4 heavy (non-hydrogen) atoms. The molecule has 0 aliphatic rings. The molecule has 0 rings (SSSR count). The van der Waals surface area contributed by atoms with Gasteiger partial charge in [-0.1, -0.05) is 15.3 Å². The fourth-order valence-electron chi connectivity index (χ4n) is 0. The van der Waals surface area contributed by atoms with Crippen LogP contribution in [-0.4, -0.2) is 6.04 Å². The van der Waals surface area contributed by atoms with E-state index in [2.05, 4.69) is 15.3 Å². The van der Waals surface area contributed by atoms with Gasteiger partial charge in [0.2, 0.25) is 0 Å². The summed E-state index contributed by atoms with van der Waals surface area (Å²) >= 11 is 13.0. The van der Waals surface area contributed by atoms with E-state index >= 15 is 0 Å². The fourth-order valence-corrected chi connectivity index (χ4v) is 0. The third kappa shape index (κ3) is 10.4. The van der Waals surface area contributed by atoms with Crippen molar-refractivity contribution < 1.29 is 0 Å². The van der Waals surface area contributed by atoms with Crippen LogP contribution in [0.15, 0.2) is 0 Å². The van der Waals surface area contributed by atoms with Crippen molar-refractivity contribution in [1.29, 1.82) is 0 Å². The number of halogens is 3. The molecular weight excluding hydrogens is 179 g/mol. The maximum Gasteiger partial charge on any atom is 0.348 e. The fraction of sp³-hybridized carbons (Fsp3) is 0. The van der Waals surface area contributed by atoms with E-state index in [1.807, 2.05) is 0 Å². The average Bonchev–Trinajstić information content (AvgIpc) is 0.811. The van der Waals surface area contributed by atoms with Crippen LogP contribution in [0.3, 0.4) is 0 Å². The van der Waals surface area contributed by atoms with Gasteiger partial charge in [-0.2, -0.15) is 0 Å². The average molecular weight is 179 g/mol. The maximum absolute atomic E-state index is 5.06. The van der Waals surface area contributed by atoms with Crippen LogP contribution < -0.4 is 0 Å². The summed E-state index contributed by atoms with van der Waals surface area (Å²) in [7, 11) is 0. The van der Waals surface area contributed by atoms with Gasteiger partial charge in [0.05, 0.1) is 0 Å². The second kappa shape index (κ2) is 2.51. The third-order valence-corrected chi connectivity index (χ3v) is 0. The highest BCUT2D eigenvalue weighted by atomic mass is 79.9. The molecule has 0 bridgehead atoms. The third-order valence-electron chi connectivity index (χ3n) is 0. The first-order valence-electron chi connectivity index (χ1n) is 0.567. The van der Waals surface area contributed by atoms with E-state index in [9.17, 15) is 0 Å². The van der Waals surface area contributed by atoms with Gasteiger partial charge in [-0.3, -0.25) is 0 Å². The standard InChI is InChI=1S/BrCl2Si/c1-4(2)3. The predicted molar refractivity (Wildman–Crippen MR) is 26.4 cm³/mol. The highest BCUT2D eigenvalue weighted by molar-refractivity contribution is 9.27. The smallest absolute Gasteiger partial charge is 0.131 e. The summed E-state index contributed by atoms with van der Waals surface area (Å²) in [5.41, 5.74) is 0. The highest BCUT2D eigenvalue weighted by Crippen LogP contribution is 2.01. The summed E-state index contributed by atoms with van der Waals surface area (Å²) in [6, 6.07) is -1.12. The number of hydrogen-bond acceptors (Lipinski definition) is 0. The normalized spacial score (nSPS) is 9.00. The molecule has 0 amide bonds. The molecule has 0 spiro atoms. The van der Waals surface area contributed by atoms with Gasteiger partial charge in [0.1, 0.15) is 0 Å². The monoisotopic (exact) mass is 177 g/mol. The largest absolute Gasteiger partial charge is 0.348 e. The molecule has 0 heterocycles. The maximum atomic E-state index is 5.06. The lowest BCUT2D eigenvalue weighted by atomic mass is 27.8. The van der Waals surface area contributed by atoms with Crippen molar-refractivity contribution in [1.82, 2.24) is 0 Å². The topological polar surface area (TPSA) is 0 Å². The van der Waals surface area contributed by atoms with Crippen LogP contribution >= 0.6 is 37.5 Å². The summed E-state index contributed by atoms with van der Waals surface area (Å²) in [4.78, 5) is 0. The van der Waals surface area contributed by atoms with Crippen molar-refractivity contribution in [2.45, 2.75) is 0 Å². The molecule has 4 heteroatoms. The summed E-state index contributed by atoms with van der Waals surface area (Å²) in [5, 5.41) is 0. The highest BCUT2D eigenvalue weighted by Gasteiger charge is 1.86. The van der Waals surface area contributed by atoms with E-state index < -0.39 is 6.04 Å². The molecule has 0 unspecified atom stereocenters. The summed E-state index contributed by atoms with van der Waals surface area (Å²) in [6.07, 6.45) is 0. The van der Waals surface area contributed by atoms with Gasteiger partial charge < -0.3 is 0 Å². The van der Waals surface area contributed by atoms with E-state index in [0.717, 1.165) is 0 Å². The molecule has 0 saturated carbocycles. The molecule has 0 N–H and O–H groups in total. The zero-order valence-corrected chi connectivity index (χ0v) is 5.73. The molecule has 0 aromatic carbocycles. The lowest BCUT2D eigenvalue weighted by molar-refractivity contribution is 4.27. The molecule has 0 aromatic rings. The summed E-state index contributed by atoms with van der Waals surface area (Å²) in [5.74, 6) is 0. The Balaban J connectivity index is 2.32. The lowest BCUT2D eigenvalue weighted by Gasteiger charge is -1.63. The van der Waals surface area contributed by atoms with Gasteiger partial charge in [0.25, 0.3) is 0 Å². The SMILES string of the molecule is Cl[Si](Cl)Br. The van der Waals surface area contributed by atoms with Crippen LogP contribution in [0, 0.1) is 0 Å². The number of rotatable bonds is 0. The Labute approximate surface area is 43.7 Å². The van der Waals surface area contributed by atoms with Crippen LogP contribution in [-0.2, 0) is 0 Å². The van der Waals surface area contributed by atoms with Gasteiger partial charge in [-0.15, -0.1) is 22.2 Å². The molecule has 0 nitrogen and oxygen atoms in total. The zero-order valence-electron chi connectivity index (χ0n) is 1.63. The Morgan fingerprint density at radius 1 is 1.50 bits per heavy atom. The minimum absolute atomic E-state index is 1.12. The predicted octanol–water partition coefficient (Wildman–Crippen LogP) is 1.84. The molecular formula is BrCl2Si. The van der Waals surface area contributed by atoms with Crippen LogP contribution in [0.25, 0.3) is 0 Å². The second-order valence-corrected chi connectivity index (χ2v) is 8.61. The Hall–Kier alpha value is 1.28. The molecule has 0 aromatic heterocycles. The van der Waals surface area contributed by atoms with Gasteiger partial charge >= 0.3 is 6.04 Å². The Morgan fingerprint density at radius 3 is 1.50 bits per heavy atom. The van der Waals surface area contributed by atoms with Crippen molar-refractivity contribution in [3.63, 3.8) is 0 Å². The molecule has 0 aliphatic heterocycles. The summed E-state index contributed by atoms with van der Waals surface area (Å²) < 4.78 is 0. The minimum Gasteiger partial charge on any atom is -0.131 e. The van der Waals surface area contributed by atoms with E-state index in [4.69, 9.17) is 22.2 Å². The van der Waals surface area contributed by atoms with Crippen molar-refractivity contribution in [2.75, 3.05) is 0 Å². The second-order valence-electron chi connectivity index (χ2n) is 0.214. The Morgan fingerprint density at radius 2 is 1.50 bits per heavy atom. The van der Waals surface area contributed by atoms with E-state index in [-0.39, 0.29) is 0 Å². The lowest BCUT2D eigenvalue weighted by Crippen LogP contribution is -1.64.